The molecule has 41 heavy (non-hydrogen) atoms. The summed E-state index contributed by atoms with van der Waals surface area (Å²) in [7, 11) is 0. The monoisotopic (exact) mass is 792 g/mol. The van der Waals surface area contributed by atoms with Crippen LogP contribution in [0, 0.1) is 0 Å². The molecule has 0 fully saturated rings. The summed E-state index contributed by atoms with van der Waals surface area (Å²) in [5.74, 6) is -1.94. The number of hydrogen-bond acceptors (Lipinski definition) is 13. The van der Waals surface area contributed by atoms with Crippen molar-refractivity contribution in [2.75, 3.05) is 26.4 Å². The molecule has 0 amide bonds. The fraction of sp³-hybridized carbons (Fsp3) is 0.160. The third kappa shape index (κ3) is 20.0. The van der Waals surface area contributed by atoms with Crippen LogP contribution in [-0.4, -0.2) is 120 Å². The van der Waals surface area contributed by atoms with Crippen molar-refractivity contribution in [2.45, 2.75) is 0 Å². The van der Waals surface area contributed by atoms with E-state index in [2.05, 4.69) is 0 Å². The summed E-state index contributed by atoms with van der Waals surface area (Å²) >= 11 is -1.65. The van der Waals surface area contributed by atoms with Crippen LogP contribution in [0.25, 0.3) is 0 Å². The third-order valence-electron chi connectivity index (χ3n) is 3.97. The predicted octanol–water partition coefficient (Wildman–Crippen LogP) is 1.05. The first-order valence-corrected chi connectivity index (χ1v) is 14.0. The van der Waals surface area contributed by atoms with Gasteiger partial charge in [-0.1, -0.05) is 0 Å². The molecule has 16 heteroatoms. The number of carboxylic acid groups (broad SMARTS) is 1. The molecule has 0 heterocycles. The van der Waals surface area contributed by atoms with E-state index in [0.29, 0.717) is 34.1 Å². The maximum atomic E-state index is 11.6. The number of carbonyl (C=O) groups is 3. The summed E-state index contributed by atoms with van der Waals surface area (Å²) in [6.45, 7) is -0.410. The Bertz CT molecular complexity index is 1130. The van der Waals surface area contributed by atoms with Crippen LogP contribution in [-0.2, 0) is 18.5 Å². The van der Waals surface area contributed by atoms with Gasteiger partial charge in [-0.05, 0) is 72.8 Å². The Labute approximate surface area is 258 Å². The predicted molar refractivity (Wildman–Crippen MR) is 140 cm³/mol. The molecule has 2 radical (unpaired) electrons. The van der Waals surface area contributed by atoms with E-state index in [4.69, 9.17) is 49.2 Å². The van der Waals surface area contributed by atoms with Crippen LogP contribution in [0.4, 0.5) is 0 Å². The van der Waals surface area contributed by atoms with Crippen LogP contribution in [0.1, 0.15) is 31.1 Å². The first-order chi connectivity index (χ1) is 19.6. The van der Waals surface area contributed by atoms with Gasteiger partial charge < -0.3 is 40.1 Å². The molecule has 3 rings (SSSR count). The molecule has 0 unspecified atom stereocenters. The third-order valence-corrected chi connectivity index (χ3v) is 3.97. The molecule has 6 N–H and O–H groups in total. The summed E-state index contributed by atoms with van der Waals surface area (Å²) in [5.41, 5.74) is 0.767. The Kier molecular flexibility index (Phi) is 24.5. The molecule has 0 aromatic heterocycles. The summed E-state index contributed by atoms with van der Waals surface area (Å²) in [6.07, 6.45) is 0. The average Bonchev–Trinajstić information content (AvgIpc) is 2.98. The van der Waals surface area contributed by atoms with E-state index in [1.165, 1.54) is 72.8 Å². The Morgan fingerprint density at radius 2 is 0.829 bits per heavy atom. The van der Waals surface area contributed by atoms with Crippen LogP contribution >= 0.6 is 0 Å². The number of benzene rings is 3. The number of rotatable bonds is 7. The normalized spacial score (nSPS) is 8.63. The van der Waals surface area contributed by atoms with Crippen LogP contribution in [0.2, 0.25) is 0 Å². The molecule has 0 atom stereocenters. The van der Waals surface area contributed by atoms with Crippen molar-refractivity contribution in [3.05, 3.63) is 89.5 Å². The summed E-state index contributed by atoms with van der Waals surface area (Å²) in [4.78, 5) is 33.5. The number of aliphatic hydroxyl groups excluding tert-OH is 2. The van der Waals surface area contributed by atoms with Crippen LogP contribution in [0.3, 0.4) is 0 Å². The standard InChI is InChI=1S/C16H14O6.C7H6O3.C2H6O2.3O.2Sb/c17-13-5-1-11(2-6-13)15(19)21-9-10-22-16(20)12-3-7-14(18)8-4-12;8-6-3-1-5(2-4-6)7(9)10;3-1-2-4;;;;;/h1-8,17-18H,9-10H2;1-4,8H,(H,9,10);3-4H,1-2H2;;;;;. The number of aromatic carboxylic acids is 1. The van der Waals surface area contributed by atoms with Gasteiger partial charge in [0.2, 0.25) is 0 Å². The van der Waals surface area contributed by atoms with Crippen molar-refractivity contribution in [1.82, 2.24) is 0 Å². The summed E-state index contributed by atoms with van der Waals surface area (Å²) < 4.78 is 35.2. The van der Waals surface area contributed by atoms with Gasteiger partial charge >= 0.3 is 71.6 Å². The molecular formula is C25H26O14Sb2. The Hall–Kier alpha value is -3.57. The van der Waals surface area contributed by atoms with E-state index >= 15 is 0 Å². The van der Waals surface area contributed by atoms with Gasteiger partial charge in [0.05, 0.1) is 29.9 Å². The summed E-state index contributed by atoms with van der Waals surface area (Å²) in [6, 6.07) is 16.6. The molecule has 3 aromatic carbocycles. The van der Waals surface area contributed by atoms with Gasteiger partial charge in [0.15, 0.2) is 0 Å². The zero-order valence-corrected chi connectivity index (χ0v) is 26.2. The van der Waals surface area contributed by atoms with Crippen molar-refractivity contribution >= 4 is 62.5 Å². The van der Waals surface area contributed by atoms with Crippen molar-refractivity contribution in [2.24, 2.45) is 0 Å². The topological polar surface area (TPSA) is 242 Å². The quantitative estimate of drug-likeness (QED) is 0.111. The molecule has 0 aliphatic heterocycles. The van der Waals surface area contributed by atoms with Crippen molar-refractivity contribution < 1.29 is 63.5 Å². The van der Waals surface area contributed by atoms with Crippen LogP contribution in [0.5, 0.6) is 17.2 Å². The molecular weight excluding hydrogens is 768 g/mol. The molecule has 0 aliphatic carbocycles. The molecule has 220 valence electrons. The van der Waals surface area contributed by atoms with Crippen molar-refractivity contribution in [3.63, 3.8) is 0 Å². The Morgan fingerprint density at radius 3 is 1.05 bits per heavy atom. The molecule has 0 saturated carbocycles. The number of esters is 2. The van der Waals surface area contributed by atoms with Gasteiger partial charge in [0.1, 0.15) is 30.5 Å². The second-order valence-corrected chi connectivity index (χ2v) is 7.16. The Morgan fingerprint density at radius 1 is 0.585 bits per heavy atom. The van der Waals surface area contributed by atoms with Crippen molar-refractivity contribution in [3.8, 4) is 17.2 Å². The number of carbonyl (C=O) groups excluding carboxylic acids is 2. The first-order valence-electron chi connectivity index (χ1n) is 10.9. The average molecular weight is 794 g/mol. The molecule has 0 aliphatic rings. The number of ether oxygens (including phenoxy) is 2. The zero-order valence-electron chi connectivity index (χ0n) is 21.1. The van der Waals surface area contributed by atoms with Gasteiger partial charge in [-0.15, -0.1) is 0 Å². The number of phenolic OH excluding ortho intramolecular Hbond substituents is 3. The fourth-order valence-electron chi connectivity index (χ4n) is 2.23. The van der Waals surface area contributed by atoms with Gasteiger partial charge in [-0.3, -0.25) is 0 Å². The minimum absolute atomic E-state index is 0.0550. The number of hydrogen-bond donors (Lipinski definition) is 6. The second-order valence-electron chi connectivity index (χ2n) is 6.74. The van der Waals surface area contributed by atoms with Crippen LogP contribution in [0.15, 0.2) is 72.8 Å². The fourth-order valence-corrected chi connectivity index (χ4v) is 2.23. The van der Waals surface area contributed by atoms with Crippen molar-refractivity contribution in [1.29, 1.82) is 0 Å². The number of phenols is 3. The van der Waals surface area contributed by atoms with E-state index in [0.717, 1.165) is 0 Å². The SMILES string of the molecule is O=C(O)c1ccc(O)cc1.O=C(OCCOC(=O)c1ccc(O)cc1)c1ccc(O)cc1.OCCO.[O]=[Sb].[O]=[Sb]=[O]. The molecule has 0 bridgehead atoms. The second kappa shape index (κ2) is 25.4. The molecule has 3 aromatic rings. The number of aliphatic hydroxyl groups is 2. The first kappa shape index (κ1) is 39.6. The minimum atomic E-state index is -2.15. The van der Waals surface area contributed by atoms with Gasteiger partial charge in [0.25, 0.3) is 0 Å². The van der Waals surface area contributed by atoms with E-state index in [1.54, 1.807) is 0 Å². The van der Waals surface area contributed by atoms with E-state index < -0.39 is 39.5 Å². The van der Waals surface area contributed by atoms with E-state index in [-0.39, 0.29) is 49.2 Å². The number of aromatic hydroxyl groups is 3. The Balaban J connectivity index is 0. The van der Waals surface area contributed by atoms with E-state index in [9.17, 15) is 14.4 Å². The van der Waals surface area contributed by atoms with E-state index in [1.807, 2.05) is 0 Å². The van der Waals surface area contributed by atoms with Gasteiger partial charge in [-0.25, -0.2) is 14.4 Å². The van der Waals surface area contributed by atoms with Gasteiger partial charge in [-0.2, -0.15) is 0 Å². The van der Waals surface area contributed by atoms with Gasteiger partial charge in [0, 0.05) is 0 Å². The summed E-state index contributed by atoms with van der Waals surface area (Å²) in [5, 5.41) is 50.6. The zero-order chi connectivity index (χ0) is 31.6. The molecule has 14 nitrogen and oxygen atoms in total. The maximum absolute atomic E-state index is 11.6. The molecule has 0 spiro atoms. The number of carboxylic acids is 1. The van der Waals surface area contributed by atoms with Crippen LogP contribution < -0.4 is 0 Å². The molecule has 0 saturated heterocycles.